The van der Waals surface area contributed by atoms with Gasteiger partial charge in [0.15, 0.2) is 5.16 Å². The SMILES string of the molecule is CCc1nc(NC)cc(Sc2nc(C)c(C)c(C)n2)n1. The van der Waals surface area contributed by atoms with E-state index in [4.69, 9.17) is 0 Å². The van der Waals surface area contributed by atoms with Crippen molar-refractivity contribution < 1.29 is 0 Å². The van der Waals surface area contributed by atoms with Crippen LogP contribution in [0.4, 0.5) is 5.82 Å². The minimum atomic E-state index is 0.730. The Bertz CT molecular complexity index is 582. The number of nitrogens with one attached hydrogen (secondary N) is 1. The summed E-state index contributed by atoms with van der Waals surface area (Å²) in [7, 11) is 1.85. The van der Waals surface area contributed by atoms with E-state index in [1.54, 1.807) is 0 Å². The zero-order valence-corrected chi connectivity index (χ0v) is 13.3. The van der Waals surface area contributed by atoms with Gasteiger partial charge in [-0.15, -0.1) is 0 Å². The van der Waals surface area contributed by atoms with Crippen LogP contribution in [-0.4, -0.2) is 27.0 Å². The molecule has 20 heavy (non-hydrogen) atoms. The summed E-state index contributed by atoms with van der Waals surface area (Å²) >= 11 is 1.47. The molecule has 0 aromatic carbocycles. The third-order valence-corrected chi connectivity index (χ3v) is 3.91. The van der Waals surface area contributed by atoms with Crippen molar-refractivity contribution in [1.29, 1.82) is 0 Å². The lowest BCUT2D eigenvalue weighted by Gasteiger charge is -2.08. The van der Waals surface area contributed by atoms with E-state index in [0.717, 1.165) is 45.2 Å². The Labute approximate surface area is 123 Å². The largest absolute Gasteiger partial charge is 0.373 e. The van der Waals surface area contributed by atoms with Gasteiger partial charge in [0.2, 0.25) is 0 Å². The Balaban J connectivity index is 2.34. The summed E-state index contributed by atoms with van der Waals surface area (Å²) in [5, 5.41) is 4.65. The molecule has 0 unspecified atom stereocenters. The summed E-state index contributed by atoms with van der Waals surface area (Å²) < 4.78 is 0. The highest BCUT2D eigenvalue weighted by Crippen LogP contribution is 2.26. The zero-order chi connectivity index (χ0) is 14.7. The van der Waals surface area contributed by atoms with E-state index in [2.05, 4.69) is 25.3 Å². The molecule has 0 atom stereocenters. The van der Waals surface area contributed by atoms with Crippen LogP contribution in [-0.2, 0) is 6.42 Å². The van der Waals surface area contributed by atoms with Gasteiger partial charge in [-0.05, 0) is 38.1 Å². The molecule has 6 heteroatoms. The average molecular weight is 289 g/mol. The van der Waals surface area contributed by atoms with Crippen LogP contribution in [0.3, 0.4) is 0 Å². The molecule has 0 fully saturated rings. The van der Waals surface area contributed by atoms with Gasteiger partial charge in [-0.1, -0.05) is 6.92 Å². The lowest BCUT2D eigenvalue weighted by molar-refractivity contribution is 0.864. The Morgan fingerprint density at radius 3 is 2.25 bits per heavy atom. The van der Waals surface area contributed by atoms with E-state index in [0.29, 0.717) is 0 Å². The fourth-order valence-corrected chi connectivity index (χ4v) is 2.57. The van der Waals surface area contributed by atoms with Gasteiger partial charge in [0.25, 0.3) is 0 Å². The number of hydrogen-bond donors (Lipinski definition) is 1. The van der Waals surface area contributed by atoms with Gasteiger partial charge >= 0.3 is 0 Å². The van der Waals surface area contributed by atoms with Gasteiger partial charge in [-0.25, -0.2) is 19.9 Å². The predicted octanol–water partition coefficient (Wildman–Crippen LogP) is 2.95. The third-order valence-electron chi connectivity index (χ3n) is 3.13. The van der Waals surface area contributed by atoms with Crippen LogP contribution in [0.1, 0.15) is 29.7 Å². The van der Waals surface area contributed by atoms with Crippen LogP contribution in [0.5, 0.6) is 0 Å². The summed E-state index contributed by atoms with van der Waals surface area (Å²) in [6.45, 7) is 8.09. The van der Waals surface area contributed by atoms with Crippen molar-refractivity contribution >= 4 is 17.6 Å². The minimum absolute atomic E-state index is 0.730. The van der Waals surface area contributed by atoms with Crippen molar-refractivity contribution in [2.45, 2.75) is 44.3 Å². The topological polar surface area (TPSA) is 63.6 Å². The summed E-state index contributed by atoms with van der Waals surface area (Å²) in [6.07, 6.45) is 0.801. The van der Waals surface area contributed by atoms with Gasteiger partial charge in [-0.2, -0.15) is 0 Å². The highest BCUT2D eigenvalue weighted by Gasteiger charge is 2.09. The number of rotatable bonds is 4. The van der Waals surface area contributed by atoms with E-state index in [1.807, 2.05) is 40.8 Å². The summed E-state index contributed by atoms with van der Waals surface area (Å²) in [4.78, 5) is 17.9. The van der Waals surface area contributed by atoms with Crippen molar-refractivity contribution in [3.8, 4) is 0 Å². The molecular weight excluding hydrogens is 270 g/mol. The molecule has 106 valence electrons. The molecular formula is C14H19N5S. The third kappa shape index (κ3) is 3.25. The molecule has 2 aromatic heterocycles. The van der Waals surface area contributed by atoms with Gasteiger partial charge in [-0.3, -0.25) is 0 Å². The van der Waals surface area contributed by atoms with Crippen molar-refractivity contribution in [3.05, 3.63) is 28.8 Å². The number of hydrogen-bond acceptors (Lipinski definition) is 6. The van der Waals surface area contributed by atoms with Crippen LogP contribution in [0.15, 0.2) is 16.2 Å². The molecule has 1 N–H and O–H groups in total. The van der Waals surface area contributed by atoms with Crippen molar-refractivity contribution in [3.63, 3.8) is 0 Å². The van der Waals surface area contributed by atoms with Crippen LogP contribution in [0.25, 0.3) is 0 Å². The first-order valence-electron chi connectivity index (χ1n) is 6.59. The zero-order valence-electron chi connectivity index (χ0n) is 12.5. The van der Waals surface area contributed by atoms with E-state index in [-0.39, 0.29) is 0 Å². The van der Waals surface area contributed by atoms with Gasteiger partial charge in [0.1, 0.15) is 16.7 Å². The van der Waals surface area contributed by atoms with Crippen molar-refractivity contribution in [2.24, 2.45) is 0 Å². The Morgan fingerprint density at radius 1 is 1.05 bits per heavy atom. The Kier molecular flexibility index (Phi) is 4.54. The highest BCUT2D eigenvalue weighted by atomic mass is 32.2. The Hall–Kier alpha value is -1.69. The monoisotopic (exact) mass is 289 g/mol. The summed E-state index contributed by atoms with van der Waals surface area (Å²) in [6, 6.07) is 1.91. The quantitative estimate of drug-likeness (QED) is 0.689. The molecule has 0 saturated heterocycles. The first kappa shape index (κ1) is 14.7. The molecule has 0 radical (unpaired) electrons. The summed E-state index contributed by atoms with van der Waals surface area (Å²) in [5.74, 6) is 1.64. The molecule has 0 amide bonds. The van der Waals surface area contributed by atoms with Gasteiger partial charge < -0.3 is 5.32 Å². The molecule has 5 nitrogen and oxygen atoms in total. The second-order valence-electron chi connectivity index (χ2n) is 4.52. The molecule has 2 heterocycles. The van der Waals surface area contributed by atoms with E-state index in [9.17, 15) is 0 Å². The molecule has 0 aliphatic carbocycles. The minimum Gasteiger partial charge on any atom is -0.373 e. The van der Waals surface area contributed by atoms with Gasteiger partial charge in [0.05, 0.1) is 0 Å². The molecule has 0 bridgehead atoms. The standard InChI is InChI=1S/C14H19N5S/c1-6-11-18-12(15-5)7-13(19-11)20-14-16-9(3)8(2)10(4)17-14/h7H,6H2,1-5H3,(H,15,18,19). The first-order chi connectivity index (χ1) is 9.53. The number of aryl methyl sites for hydroxylation is 3. The van der Waals surface area contributed by atoms with Crippen LogP contribution in [0.2, 0.25) is 0 Å². The van der Waals surface area contributed by atoms with E-state index in [1.165, 1.54) is 11.8 Å². The van der Waals surface area contributed by atoms with Gasteiger partial charge in [0, 0.05) is 30.9 Å². The maximum Gasteiger partial charge on any atom is 0.194 e. The average Bonchev–Trinajstić information content (AvgIpc) is 2.44. The highest BCUT2D eigenvalue weighted by molar-refractivity contribution is 7.99. The molecule has 0 aliphatic heterocycles. The first-order valence-corrected chi connectivity index (χ1v) is 7.40. The Morgan fingerprint density at radius 2 is 1.70 bits per heavy atom. The molecule has 2 aromatic rings. The summed E-state index contributed by atoms with van der Waals surface area (Å²) in [5.41, 5.74) is 3.17. The predicted molar refractivity (Wildman–Crippen MR) is 81.3 cm³/mol. The second kappa shape index (κ2) is 6.17. The number of aromatic nitrogens is 4. The second-order valence-corrected chi connectivity index (χ2v) is 5.50. The van der Waals surface area contributed by atoms with Crippen molar-refractivity contribution in [1.82, 2.24) is 19.9 Å². The lowest BCUT2D eigenvalue weighted by atomic mass is 10.2. The van der Waals surface area contributed by atoms with Crippen LogP contribution in [0, 0.1) is 20.8 Å². The normalized spacial score (nSPS) is 10.7. The smallest absolute Gasteiger partial charge is 0.194 e. The van der Waals surface area contributed by atoms with E-state index >= 15 is 0 Å². The van der Waals surface area contributed by atoms with E-state index < -0.39 is 0 Å². The van der Waals surface area contributed by atoms with Crippen molar-refractivity contribution in [2.75, 3.05) is 12.4 Å². The molecule has 0 saturated carbocycles. The number of nitrogens with zero attached hydrogens (tertiary/aromatic N) is 4. The maximum absolute atomic E-state index is 4.51. The number of anilines is 1. The maximum atomic E-state index is 4.51. The lowest BCUT2D eigenvalue weighted by Crippen LogP contribution is -2.01. The molecule has 0 aliphatic rings. The van der Waals surface area contributed by atoms with Crippen LogP contribution < -0.4 is 5.32 Å². The fraction of sp³-hybridized carbons (Fsp3) is 0.429. The molecule has 2 rings (SSSR count). The fourth-order valence-electron chi connectivity index (χ4n) is 1.69. The molecule has 0 spiro atoms. The van der Waals surface area contributed by atoms with Crippen LogP contribution >= 0.6 is 11.8 Å².